The summed E-state index contributed by atoms with van der Waals surface area (Å²) in [5.41, 5.74) is 0. The average Bonchev–Trinajstić information content (AvgIpc) is 2.33. The van der Waals surface area contributed by atoms with Crippen LogP contribution < -0.4 is 10.6 Å². The number of carbonyl (C=O) groups is 2. The van der Waals surface area contributed by atoms with Crippen LogP contribution in [0.5, 0.6) is 0 Å². The van der Waals surface area contributed by atoms with Crippen LogP contribution in [0.15, 0.2) is 0 Å². The van der Waals surface area contributed by atoms with Crippen LogP contribution in [0.25, 0.3) is 0 Å². The van der Waals surface area contributed by atoms with E-state index in [9.17, 15) is 9.59 Å². The first-order valence-electron chi connectivity index (χ1n) is 6.24. The second kappa shape index (κ2) is 10.1. The predicted octanol–water partition coefficient (Wildman–Crippen LogP) is 1.93. The number of hydrogen-bond donors (Lipinski definition) is 3. The van der Waals surface area contributed by atoms with Crippen molar-refractivity contribution in [2.75, 3.05) is 18.6 Å². The molecular weight excluding hydrogens is 252 g/mol. The molecule has 5 nitrogen and oxygen atoms in total. The van der Waals surface area contributed by atoms with Gasteiger partial charge in [0, 0.05) is 24.8 Å². The summed E-state index contributed by atoms with van der Waals surface area (Å²) in [6, 6.07) is 0.0207. The van der Waals surface area contributed by atoms with Crippen molar-refractivity contribution in [3.05, 3.63) is 0 Å². The molecule has 0 aromatic heterocycles. The Morgan fingerprint density at radius 3 is 2.56 bits per heavy atom. The Morgan fingerprint density at radius 2 is 2.06 bits per heavy atom. The van der Waals surface area contributed by atoms with Crippen LogP contribution in [0, 0.1) is 5.92 Å². The summed E-state index contributed by atoms with van der Waals surface area (Å²) in [4.78, 5) is 22.0. The highest BCUT2D eigenvalue weighted by Gasteiger charge is 2.11. The van der Waals surface area contributed by atoms with E-state index in [2.05, 4.69) is 10.6 Å². The number of rotatable bonds is 9. The third-order valence-corrected chi connectivity index (χ3v) is 3.39. The minimum atomic E-state index is -0.794. The number of carboxylic acids is 1. The van der Waals surface area contributed by atoms with E-state index in [1.54, 1.807) is 11.8 Å². The molecule has 2 atom stereocenters. The predicted molar refractivity (Wildman–Crippen MR) is 75.0 cm³/mol. The van der Waals surface area contributed by atoms with E-state index < -0.39 is 5.97 Å². The van der Waals surface area contributed by atoms with Crippen LogP contribution in [-0.4, -0.2) is 41.7 Å². The molecule has 0 aliphatic rings. The first-order valence-corrected chi connectivity index (χ1v) is 7.64. The molecule has 18 heavy (non-hydrogen) atoms. The lowest BCUT2D eigenvalue weighted by atomic mass is 10.1. The fourth-order valence-electron chi connectivity index (χ4n) is 1.44. The number of aliphatic carboxylic acids is 1. The van der Waals surface area contributed by atoms with E-state index in [1.165, 1.54) is 0 Å². The van der Waals surface area contributed by atoms with Gasteiger partial charge in [-0.2, -0.15) is 11.8 Å². The van der Waals surface area contributed by atoms with Gasteiger partial charge in [0.25, 0.3) is 0 Å². The second-order valence-corrected chi connectivity index (χ2v) is 5.36. The zero-order valence-corrected chi connectivity index (χ0v) is 12.2. The molecular formula is C12H24N2O3S. The minimum Gasteiger partial charge on any atom is -0.481 e. The zero-order chi connectivity index (χ0) is 14.0. The molecule has 0 bridgehead atoms. The van der Waals surface area contributed by atoms with Crippen LogP contribution in [0.4, 0.5) is 4.79 Å². The highest BCUT2D eigenvalue weighted by atomic mass is 32.2. The third-order valence-electron chi connectivity index (χ3n) is 2.66. The summed E-state index contributed by atoms with van der Waals surface area (Å²) in [6.45, 7) is 4.48. The van der Waals surface area contributed by atoms with Crippen LogP contribution in [-0.2, 0) is 4.79 Å². The Hall–Kier alpha value is -0.910. The number of amides is 2. The number of thioether (sulfide) groups is 1. The lowest BCUT2D eigenvalue weighted by Gasteiger charge is -2.17. The van der Waals surface area contributed by atoms with E-state index in [0.29, 0.717) is 13.0 Å². The molecule has 0 saturated carbocycles. The standard InChI is InChI=1S/C12H24N2O3S/c1-4-10(8-18-3)14-12(17)13-7-9(2)5-6-11(15)16/h9-10H,4-8H2,1-3H3,(H,15,16)(H2,13,14,17). The maximum Gasteiger partial charge on any atom is 0.315 e. The summed E-state index contributed by atoms with van der Waals surface area (Å²) >= 11 is 1.70. The van der Waals surface area contributed by atoms with Gasteiger partial charge in [-0.25, -0.2) is 4.79 Å². The Balaban J connectivity index is 3.77. The molecule has 0 saturated heterocycles. The van der Waals surface area contributed by atoms with Gasteiger partial charge in [0.15, 0.2) is 0 Å². The van der Waals surface area contributed by atoms with Crippen molar-refractivity contribution in [1.82, 2.24) is 10.6 Å². The van der Waals surface area contributed by atoms with Crippen LogP contribution >= 0.6 is 11.8 Å². The van der Waals surface area contributed by atoms with E-state index in [1.807, 2.05) is 20.1 Å². The Kier molecular flexibility index (Phi) is 9.55. The van der Waals surface area contributed by atoms with Gasteiger partial charge in [-0.05, 0) is 25.0 Å². The van der Waals surface area contributed by atoms with E-state index in [4.69, 9.17) is 5.11 Å². The third kappa shape index (κ3) is 9.15. The van der Waals surface area contributed by atoms with Crippen molar-refractivity contribution in [2.24, 2.45) is 5.92 Å². The van der Waals surface area contributed by atoms with Crippen LogP contribution in [0.3, 0.4) is 0 Å². The largest absolute Gasteiger partial charge is 0.481 e. The molecule has 0 spiro atoms. The molecule has 0 fully saturated rings. The average molecular weight is 276 g/mol. The summed E-state index contributed by atoms with van der Waals surface area (Å²) < 4.78 is 0. The summed E-state index contributed by atoms with van der Waals surface area (Å²) in [6.07, 6.45) is 3.64. The molecule has 0 radical (unpaired) electrons. The van der Waals surface area contributed by atoms with Crippen LogP contribution in [0.2, 0.25) is 0 Å². The maximum atomic E-state index is 11.6. The molecule has 0 aliphatic carbocycles. The fourth-order valence-corrected chi connectivity index (χ4v) is 2.16. The highest BCUT2D eigenvalue weighted by Crippen LogP contribution is 2.04. The molecule has 0 aliphatic heterocycles. The van der Waals surface area contributed by atoms with Gasteiger partial charge in [-0.3, -0.25) is 4.79 Å². The van der Waals surface area contributed by atoms with Crippen molar-refractivity contribution in [3.63, 3.8) is 0 Å². The quantitative estimate of drug-likeness (QED) is 0.601. The normalized spacial score (nSPS) is 13.7. The molecule has 0 aromatic carbocycles. The molecule has 0 heterocycles. The molecule has 3 N–H and O–H groups in total. The lowest BCUT2D eigenvalue weighted by Crippen LogP contribution is -2.44. The highest BCUT2D eigenvalue weighted by molar-refractivity contribution is 7.98. The van der Waals surface area contributed by atoms with Gasteiger partial charge >= 0.3 is 12.0 Å². The van der Waals surface area contributed by atoms with E-state index in [0.717, 1.165) is 12.2 Å². The van der Waals surface area contributed by atoms with Crippen molar-refractivity contribution in [3.8, 4) is 0 Å². The van der Waals surface area contributed by atoms with Gasteiger partial charge in [-0.15, -0.1) is 0 Å². The number of hydrogen-bond acceptors (Lipinski definition) is 3. The summed E-state index contributed by atoms with van der Waals surface area (Å²) in [5.74, 6) is 0.281. The SMILES string of the molecule is CCC(CSC)NC(=O)NCC(C)CCC(=O)O. The maximum absolute atomic E-state index is 11.6. The van der Waals surface area contributed by atoms with Crippen LogP contribution in [0.1, 0.15) is 33.1 Å². The van der Waals surface area contributed by atoms with Gasteiger partial charge < -0.3 is 15.7 Å². The number of carboxylic acid groups (broad SMARTS) is 1. The lowest BCUT2D eigenvalue weighted by molar-refractivity contribution is -0.137. The summed E-state index contributed by atoms with van der Waals surface area (Å²) in [7, 11) is 0. The van der Waals surface area contributed by atoms with Gasteiger partial charge in [0.05, 0.1) is 0 Å². The summed E-state index contributed by atoms with van der Waals surface area (Å²) in [5, 5.41) is 14.2. The Bertz CT molecular complexity index is 262. The molecule has 0 rings (SSSR count). The van der Waals surface area contributed by atoms with Gasteiger partial charge in [0.1, 0.15) is 0 Å². The van der Waals surface area contributed by atoms with Crippen molar-refractivity contribution in [1.29, 1.82) is 0 Å². The smallest absolute Gasteiger partial charge is 0.315 e. The number of carbonyl (C=O) groups excluding carboxylic acids is 1. The van der Waals surface area contributed by atoms with E-state index in [-0.39, 0.29) is 24.4 Å². The zero-order valence-electron chi connectivity index (χ0n) is 11.4. The fraction of sp³-hybridized carbons (Fsp3) is 0.833. The Morgan fingerprint density at radius 1 is 1.39 bits per heavy atom. The van der Waals surface area contributed by atoms with Gasteiger partial charge in [0.2, 0.25) is 0 Å². The number of urea groups is 1. The molecule has 106 valence electrons. The molecule has 2 unspecified atom stereocenters. The molecule has 2 amide bonds. The van der Waals surface area contributed by atoms with Gasteiger partial charge in [-0.1, -0.05) is 13.8 Å². The monoisotopic (exact) mass is 276 g/mol. The van der Waals surface area contributed by atoms with Crippen molar-refractivity contribution in [2.45, 2.75) is 39.2 Å². The van der Waals surface area contributed by atoms with Crippen molar-refractivity contribution < 1.29 is 14.7 Å². The molecule has 6 heteroatoms. The Labute approximate surface area is 113 Å². The second-order valence-electron chi connectivity index (χ2n) is 4.45. The topological polar surface area (TPSA) is 78.4 Å². The first kappa shape index (κ1) is 17.1. The van der Waals surface area contributed by atoms with Crippen molar-refractivity contribution >= 4 is 23.8 Å². The van der Waals surface area contributed by atoms with E-state index >= 15 is 0 Å². The number of nitrogens with one attached hydrogen (secondary N) is 2. The first-order chi connectivity index (χ1) is 8.49. The molecule has 0 aromatic rings. The minimum absolute atomic E-state index is 0.147.